The number of carbonyl (C=O) groups is 1. The molecule has 3 N–H and O–H groups in total. The summed E-state index contributed by atoms with van der Waals surface area (Å²) in [5.74, 6) is -0.914. The second-order valence-electron chi connectivity index (χ2n) is 6.73. The van der Waals surface area contributed by atoms with Gasteiger partial charge in [-0.05, 0) is 38.5 Å². The van der Waals surface area contributed by atoms with Gasteiger partial charge < -0.3 is 25.2 Å². The Labute approximate surface area is 188 Å². The SMILES string of the molecule is CCCCCCCCC=CCCCCCCCC(=O)[O-].OCC(O)CO.[Na+]. The van der Waals surface area contributed by atoms with E-state index in [4.69, 9.17) is 15.3 Å². The van der Waals surface area contributed by atoms with Crippen LogP contribution in [-0.2, 0) is 4.79 Å². The van der Waals surface area contributed by atoms with Gasteiger partial charge in [-0.15, -0.1) is 0 Å². The summed E-state index contributed by atoms with van der Waals surface area (Å²) in [6.45, 7) is 1.53. The molecule has 156 valence electrons. The largest absolute Gasteiger partial charge is 1.00 e. The molecule has 6 heteroatoms. The van der Waals surface area contributed by atoms with Crippen molar-refractivity contribution in [3.8, 4) is 0 Å². The number of hydrogen-bond acceptors (Lipinski definition) is 5. The van der Waals surface area contributed by atoms with Crippen LogP contribution in [0.1, 0.15) is 96.8 Å². The van der Waals surface area contributed by atoms with Crippen LogP contribution in [0.4, 0.5) is 0 Å². The molecule has 0 amide bonds. The number of carboxylic acid groups (broad SMARTS) is 1. The van der Waals surface area contributed by atoms with Gasteiger partial charge in [0.1, 0.15) is 6.10 Å². The van der Waals surface area contributed by atoms with E-state index >= 15 is 0 Å². The number of carboxylic acids is 1. The first-order valence-electron chi connectivity index (χ1n) is 10.3. The molecule has 5 nitrogen and oxygen atoms in total. The van der Waals surface area contributed by atoms with E-state index in [2.05, 4.69) is 19.1 Å². The maximum Gasteiger partial charge on any atom is 1.00 e. The van der Waals surface area contributed by atoms with E-state index in [0.717, 1.165) is 19.3 Å². The van der Waals surface area contributed by atoms with Crippen molar-refractivity contribution in [2.75, 3.05) is 13.2 Å². The first-order chi connectivity index (χ1) is 12.6. The summed E-state index contributed by atoms with van der Waals surface area (Å²) in [4.78, 5) is 10.2. The summed E-state index contributed by atoms with van der Waals surface area (Å²) in [5.41, 5.74) is 0. The van der Waals surface area contributed by atoms with Crippen LogP contribution in [0.15, 0.2) is 12.2 Å². The Morgan fingerprint density at radius 3 is 1.59 bits per heavy atom. The van der Waals surface area contributed by atoms with Crippen molar-refractivity contribution in [3.63, 3.8) is 0 Å². The Morgan fingerprint density at radius 2 is 1.22 bits per heavy atom. The molecule has 0 aliphatic heterocycles. The predicted octanol–water partition coefficient (Wildman–Crippen LogP) is 0.110. The maximum atomic E-state index is 10.2. The van der Waals surface area contributed by atoms with Crippen LogP contribution in [-0.4, -0.2) is 40.6 Å². The van der Waals surface area contributed by atoms with Gasteiger partial charge in [-0.1, -0.05) is 70.4 Å². The first kappa shape index (κ1) is 31.8. The van der Waals surface area contributed by atoms with Crippen LogP contribution in [0.5, 0.6) is 0 Å². The van der Waals surface area contributed by atoms with Gasteiger partial charge in [-0.3, -0.25) is 0 Å². The van der Waals surface area contributed by atoms with E-state index < -0.39 is 12.1 Å². The third-order valence-electron chi connectivity index (χ3n) is 4.06. The number of aliphatic carboxylic acids is 1. The number of allylic oxidation sites excluding steroid dienone is 2. The van der Waals surface area contributed by atoms with E-state index in [-0.39, 0.29) is 49.2 Å². The summed E-state index contributed by atoms with van der Waals surface area (Å²) in [6.07, 6.45) is 19.9. The van der Waals surface area contributed by atoms with Gasteiger partial charge in [-0.2, -0.15) is 0 Å². The Balaban J connectivity index is -0.000000709. The molecule has 0 heterocycles. The second-order valence-corrected chi connectivity index (χ2v) is 6.73. The molecule has 0 atom stereocenters. The van der Waals surface area contributed by atoms with E-state index in [1.54, 1.807) is 0 Å². The third-order valence-corrected chi connectivity index (χ3v) is 4.06. The Bertz CT molecular complexity index is 307. The molecule has 0 radical (unpaired) electrons. The van der Waals surface area contributed by atoms with Crippen molar-refractivity contribution in [2.45, 2.75) is 103 Å². The minimum Gasteiger partial charge on any atom is -0.550 e. The van der Waals surface area contributed by atoms with Crippen molar-refractivity contribution in [2.24, 2.45) is 0 Å². The first-order valence-corrected chi connectivity index (χ1v) is 10.3. The van der Waals surface area contributed by atoms with Crippen molar-refractivity contribution < 1.29 is 54.8 Å². The molecular formula is C21H41NaO5. The third kappa shape index (κ3) is 34.0. The summed E-state index contributed by atoms with van der Waals surface area (Å²) in [5, 5.41) is 34.2. The fourth-order valence-electron chi connectivity index (χ4n) is 2.40. The van der Waals surface area contributed by atoms with Crippen LogP contribution in [0.3, 0.4) is 0 Å². The molecule has 0 saturated heterocycles. The smallest absolute Gasteiger partial charge is 0.550 e. The molecule has 0 aromatic rings. The van der Waals surface area contributed by atoms with Gasteiger partial charge in [0.15, 0.2) is 0 Å². The molecule has 0 fully saturated rings. The van der Waals surface area contributed by atoms with E-state index in [1.165, 1.54) is 64.2 Å². The van der Waals surface area contributed by atoms with Gasteiger partial charge in [0.05, 0.1) is 13.2 Å². The van der Waals surface area contributed by atoms with E-state index in [0.29, 0.717) is 0 Å². The van der Waals surface area contributed by atoms with Gasteiger partial charge in [0.2, 0.25) is 0 Å². The molecule has 0 aliphatic carbocycles. The molecule has 0 rings (SSSR count). The van der Waals surface area contributed by atoms with E-state index in [1.807, 2.05) is 0 Å². The van der Waals surface area contributed by atoms with Crippen molar-refractivity contribution >= 4 is 5.97 Å². The van der Waals surface area contributed by atoms with Gasteiger partial charge in [-0.25, -0.2) is 0 Å². The summed E-state index contributed by atoms with van der Waals surface area (Å²) < 4.78 is 0. The van der Waals surface area contributed by atoms with E-state index in [9.17, 15) is 9.90 Å². The van der Waals surface area contributed by atoms with Crippen LogP contribution in [0.25, 0.3) is 0 Å². The molecule has 0 aliphatic rings. The number of carbonyl (C=O) groups excluding carboxylic acids is 1. The number of rotatable bonds is 17. The Hall–Kier alpha value is 0.0900. The van der Waals surface area contributed by atoms with Crippen LogP contribution in [0, 0.1) is 0 Å². The summed E-state index contributed by atoms with van der Waals surface area (Å²) >= 11 is 0. The molecule has 0 aromatic carbocycles. The average Bonchev–Trinajstić information content (AvgIpc) is 2.64. The van der Waals surface area contributed by atoms with Gasteiger partial charge >= 0.3 is 29.6 Å². The van der Waals surface area contributed by atoms with Crippen LogP contribution < -0.4 is 34.7 Å². The normalized spacial score (nSPS) is 10.6. The minimum absolute atomic E-state index is 0. The number of aliphatic hydroxyl groups is 3. The van der Waals surface area contributed by atoms with Crippen molar-refractivity contribution in [3.05, 3.63) is 12.2 Å². The maximum absolute atomic E-state index is 10.2. The van der Waals surface area contributed by atoms with Crippen molar-refractivity contribution in [1.29, 1.82) is 0 Å². The molecule has 27 heavy (non-hydrogen) atoms. The topological polar surface area (TPSA) is 101 Å². The molecular weight excluding hydrogens is 355 g/mol. The number of hydrogen-bond donors (Lipinski definition) is 3. The molecule has 0 saturated carbocycles. The zero-order valence-corrected chi connectivity index (χ0v) is 19.7. The number of aliphatic hydroxyl groups excluding tert-OH is 3. The Kier molecular flexibility index (Phi) is 33.3. The zero-order chi connectivity index (χ0) is 19.9. The average molecular weight is 397 g/mol. The minimum atomic E-state index is -0.954. The fourth-order valence-corrected chi connectivity index (χ4v) is 2.40. The van der Waals surface area contributed by atoms with Gasteiger partial charge in [0, 0.05) is 5.97 Å². The molecule has 0 unspecified atom stereocenters. The molecule has 0 spiro atoms. The number of unbranched alkanes of at least 4 members (excludes halogenated alkanes) is 11. The Morgan fingerprint density at radius 1 is 0.815 bits per heavy atom. The summed E-state index contributed by atoms with van der Waals surface area (Å²) in [7, 11) is 0. The fraction of sp³-hybridized carbons (Fsp3) is 0.857. The standard InChI is InChI=1S/C18H34O2.C3H8O3.Na/c1-2-3-4-5-6-7-8-9-10-11-12-13-14-15-16-17-18(19)20;4-1-3(6)2-5;/h9-10H,2-8,11-17H2,1H3,(H,19,20);3-6H,1-2H2;/q;;+1/p-1. The van der Waals surface area contributed by atoms with Gasteiger partial charge in [0.25, 0.3) is 0 Å². The summed E-state index contributed by atoms with van der Waals surface area (Å²) in [6, 6.07) is 0. The second kappa shape index (κ2) is 28.3. The monoisotopic (exact) mass is 396 g/mol. The zero-order valence-electron chi connectivity index (χ0n) is 17.7. The van der Waals surface area contributed by atoms with Crippen LogP contribution >= 0.6 is 0 Å². The van der Waals surface area contributed by atoms with Crippen molar-refractivity contribution in [1.82, 2.24) is 0 Å². The quantitative estimate of drug-likeness (QED) is 0.184. The van der Waals surface area contributed by atoms with Crippen LogP contribution in [0.2, 0.25) is 0 Å². The molecule has 0 aromatic heterocycles. The molecule has 0 bridgehead atoms. The predicted molar refractivity (Wildman–Crippen MR) is 105 cm³/mol.